The Balaban J connectivity index is 1.84. The molecule has 0 aliphatic carbocycles. The van der Waals surface area contributed by atoms with Crippen LogP contribution in [0.4, 0.5) is 0 Å². The molecule has 0 atom stereocenters. The monoisotopic (exact) mass is 398 g/mol. The van der Waals surface area contributed by atoms with Crippen molar-refractivity contribution in [2.75, 3.05) is 0 Å². The van der Waals surface area contributed by atoms with Gasteiger partial charge in [-0.15, -0.1) is 0 Å². The maximum absolute atomic E-state index is 5.92. The van der Waals surface area contributed by atoms with Gasteiger partial charge in [-0.3, -0.25) is 0 Å². The van der Waals surface area contributed by atoms with Crippen molar-refractivity contribution in [3.8, 4) is 0 Å². The van der Waals surface area contributed by atoms with Crippen LogP contribution in [-0.2, 0) is 0 Å². The summed E-state index contributed by atoms with van der Waals surface area (Å²) in [6.45, 7) is 0. The van der Waals surface area contributed by atoms with Crippen LogP contribution < -0.4 is 0 Å². The van der Waals surface area contributed by atoms with Crippen molar-refractivity contribution >= 4 is 70.4 Å². The SMILES string of the molecule is Brc1cnc2c(n1)oc1ccc3c4ccc5ccccc5c4ccc3c12. The quantitative estimate of drug-likeness (QED) is 0.270. The highest BCUT2D eigenvalue weighted by atomic mass is 79.9. The molecule has 0 saturated heterocycles. The number of fused-ring (bicyclic) bond motifs is 9. The second kappa shape index (κ2) is 5.02. The fourth-order valence-electron chi connectivity index (χ4n) is 3.91. The Labute approximate surface area is 156 Å². The highest BCUT2D eigenvalue weighted by Crippen LogP contribution is 2.37. The Morgan fingerprint density at radius 3 is 2.42 bits per heavy atom. The number of hydrogen-bond donors (Lipinski definition) is 0. The Kier molecular flexibility index (Phi) is 2.75. The first kappa shape index (κ1) is 14.2. The van der Waals surface area contributed by atoms with Crippen LogP contribution in [0.15, 0.2) is 75.9 Å². The van der Waals surface area contributed by atoms with Gasteiger partial charge in [-0.1, -0.05) is 54.6 Å². The number of benzene rings is 4. The van der Waals surface area contributed by atoms with Crippen molar-refractivity contribution in [3.05, 3.63) is 71.5 Å². The molecule has 26 heavy (non-hydrogen) atoms. The van der Waals surface area contributed by atoms with Crippen LogP contribution in [0.2, 0.25) is 0 Å². The number of hydrogen-bond acceptors (Lipinski definition) is 3. The molecule has 0 radical (unpaired) electrons. The van der Waals surface area contributed by atoms with Gasteiger partial charge in [-0.25, -0.2) is 9.97 Å². The van der Waals surface area contributed by atoms with Crippen molar-refractivity contribution in [2.45, 2.75) is 0 Å². The van der Waals surface area contributed by atoms with Gasteiger partial charge in [0.05, 0.1) is 11.6 Å². The van der Waals surface area contributed by atoms with Crippen LogP contribution >= 0.6 is 15.9 Å². The maximum Gasteiger partial charge on any atom is 0.247 e. The van der Waals surface area contributed by atoms with E-state index in [2.05, 4.69) is 80.5 Å². The smallest absolute Gasteiger partial charge is 0.247 e. The zero-order valence-corrected chi connectivity index (χ0v) is 15.1. The second-order valence-electron chi connectivity index (χ2n) is 6.43. The van der Waals surface area contributed by atoms with Gasteiger partial charge in [-0.2, -0.15) is 0 Å². The summed E-state index contributed by atoms with van der Waals surface area (Å²) >= 11 is 3.36. The molecule has 0 N–H and O–H groups in total. The first-order chi connectivity index (χ1) is 12.8. The molecule has 3 nitrogen and oxygen atoms in total. The highest BCUT2D eigenvalue weighted by molar-refractivity contribution is 9.10. The van der Waals surface area contributed by atoms with Gasteiger partial charge < -0.3 is 4.42 Å². The molecule has 0 fully saturated rings. The minimum atomic E-state index is 0.556. The normalized spacial score (nSPS) is 12.0. The van der Waals surface area contributed by atoms with Gasteiger partial charge in [0.15, 0.2) is 0 Å². The molecule has 0 spiro atoms. The van der Waals surface area contributed by atoms with E-state index < -0.39 is 0 Å². The lowest BCUT2D eigenvalue weighted by atomic mass is 9.96. The summed E-state index contributed by atoms with van der Waals surface area (Å²) < 4.78 is 6.59. The maximum atomic E-state index is 5.92. The topological polar surface area (TPSA) is 38.9 Å². The molecular weight excluding hydrogens is 388 g/mol. The summed E-state index contributed by atoms with van der Waals surface area (Å²) in [5.74, 6) is 0. The summed E-state index contributed by atoms with van der Waals surface area (Å²) in [6.07, 6.45) is 1.71. The van der Waals surface area contributed by atoms with E-state index in [9.17, 15) is 0 Å². The molecule has 0 aliphatic heterocycles. The summed E-state index contributed by atoms with van der Waals surface area (Å²) in [7, 11) is 0. The third kappa shape index (κ3) is 1.82. The van der Waals surface area contributed by atoms with E-state index in [-0.39, 0.29) is 0 Å². The Hall–Kier alpha value is -2.98. The van der Waals surface area contributed by atoms with E-state index in [0.29, 0.717) is 10.3 Å². The molecule has 6 aromatic rings. The average Bonchev–Trinajstić information content (AvgIpc) is 3.05. The van der Waals surface area contributed by atoms with Gasteiger partial charge in [0.1, 0.15) is 15.7 Å². The van der Waals surface area contributed by atoms with E-state index in [1.54, 1.807) is 6.20 Å². The van der Waals surface area contributed by atoms with Crippen LogP contribution in [0.25, 0.3) is 54.5 Å². The molecule has 0 amide bonds. The lowest BCUT2D eigenvalue weighted by Gasteiger charge is -2.08. The molecule has 6 rings (SSSR count). The average molecular weight is 399 g/mol. The molecule has 0 bridgehead atoms. The summed E-state index contributed by atoms with van der Waals surface area (Å²) in [6, 6.07) is 21.4. The van der Waals surface area contributed by atoms with Crippen LogP contribution in [-0.4, -0.2) is 9.97 Å². The van der Waals surface area contributed by atoms with Crippen molar-refractivity contribution in [2.24, 2.45) is 0 Å². The van der Waals surface area contributed by atoms with Crippen LogP contribution in [0, 0.1) is 0 Å². The Morgan fingerprint density at radius 2 is 1.46 bits per heavy atom. The third-order valence-corrected chi connectivity index (χ3v) is 5.42. The van der Waals surface area contributed by atoms with E-state index in [4.69, 9.17) is 4.42 Å². The van der Waals surface area contributed by atoms with E-state index >= 15 is 0 Å². The number of halogens is 1. The van der Waals surface area contributed by atoms with Crippen molar-refractivity contribution in [1.29, 1.82) is 0 Å². The molecule has 0 saturated carbocycles. The Bertz CT molecular complexity index is 1500. The van der Waals surface area contributed by atoms with Crippen LogP contribution in [0.3, 0.4) is 0 Å². The Morgan fingerprint density at radius 1 is 0.731 bits per heavy atom. The number of nitrogens with zero attached hydrogens (tertiary/aromatic N) is 2. The fourth-order valence-corrected chi connectivity index (χ4v) is 4.18. The number of aromatic nitrogens is 2. The van der Waals surface area contributed by atoms with E-state index in [1.807, 2.05) is 6.07 Å². The second-order valence-corrected chi connectivity index (χ2v) is 7.24. The largest absolute Gasteiger partial charge is 0.436 e. The van der Waals surface area contributed by atoms with E-state index in [0.717, 1.165) is 21.9 Å². The van der Waals surface area contributed by atoms with Crippen molar-refractivity contribution in [1.82, 2.24) is 9.97 Å². The summed E-state index contributed by atoms with van der Waals surface area (Å²) in [4.78, 5) is 8.96. The zero-order chi connectivity index (χ0) is 17.3. The van der Waals surface area contributed by atoms with Crippen LogP contribution in [0.5, 0.6) is 0 Å². The molecular formula is C22H11BrN2O. The first-order valence-electron chi connectivity index (χ1n) is 8.37. The molecule has 4 aromatic carbocycles. The zero-order valence-electron chi connectivity index (χ0n) is 13.5. The molecule has 122 valence electrons. The van der Waals surface area contributed by atoms with Gasteiger partial charge in [0, 0.05) is 0 Å². The first-order valence-corrected chi connectivity index (χ1v) is 9.17. The molecule has 2 aromatic heterocycles. The van der Waals surface area contributed by atoms with Gasteiger partial charge in [0.2, 0.25) is 5.71 Å². The lowest BCUT2D eigenvalue weighted by Crippen LogP contribution is -1.83. The van der Waals surface area contributed by atoms with Crippen molar-refractivity contribution < 1.29 is 4.42 Å². The van der Waals surface area contributed by atoms with Gasteiger partial charge in [-0.05, 0) is 54.3 Å². The minimum Gasteiger partial charge on any atom is -0.436 e. The predicted octanol–water partition coefficient (Wildman–Crippen LogP) is 6.60. The van der Waals surface area contributed by atoms with Crippen LogP contribution in [0.1, 0.15) is 0 Å². The van der Waals surface area contributed by atoms with Crippen molar-refractivity contribution in [3.63, 3.8) is 0 Å². The van der Waals surface area contributed by atoms with Gasteiger partial charge >= 0.3 is 0 Å². The molecule has 0 unspecified atom stereocenters. The molecule has 0 aliphatic rings. The highest BCUT2D eigenvalue weighted by Gasteiger charge is 2.14. The summed E-state index contributed by atoms with van der Waals surface area (Å²) in [5, 5.41) is 8.39. The predicted molar refractivity (Wildman–Crippen MR) is 110 cm³/mol. The standard InChI is InChI=1S/C22H11BrN2O/c23-19-11-24-21-20-17-8-7-14-13-4-2-1-3-12(13)5-6-15(14)16(17)9-10-18(20)26-22(21)25-19/h1-11H. The third-order valence-electron chi connectivity index (χ3n) is 5.04. The number of rotatable bonds is 0. The molecule has 2 heterocycles. The fraction of sp³-hybridized carbons (Fsp3) is 0. The number of furan rings is 1. The van der Waals surface area contributed by atoms with E-state index in [1.165, 1.54) is 26.9 Å². The van der Waals surface area contributed by atoms with Gasteiger partial charge in [0.25, 0.3) is 0 Å². The molecule has 4 heteroatoms. The minimum absolute atomic E-state index is 0.556. The lowest BCUT2D eigenvalue weighted by molar-refractivity contribution is 0.652. The summed E-state index contributed by atoms with van der Waals surface area (Å²) in [5.41, 5.74) is 2.17.